The van der Waals surface area contributed by atoms with Crippen molar-refractivity contribution in [3.05, 3.63) is 75.2 Å². The maximum atomic E-state index is 12.9. The van der Waals surface area contributed by atoms with E-state index >= 15 is 0 Å². The van der Waals surface area contributed by atoms with E-state index in [9.17, 15) is 9.59 Å². The lowest BCUT2D eigenvalue weighted by molar-refractivity contribution is 0.0960. The van der Waals surface area contributed by atoms with Gasteiger partial charge in [-0.25, -0.2) is 4.98 Å². The lowest BCUT2D eigenvalue weighted by atomic mass is 10.1. The van der Waals surface area contributed by atoms with Crippen LogP contribution < -0.4 is 10.6 Å². The maximum absolute atomic E-state index is 12.9. The van der Waals surface area contributed by atoms with Crippen molar-refractivity contribution in [2.75, 3.05) is 12.4 Å². The van der Waals surface area contributed by atoms with Crippen molar-refractivity contribution in [2.45, 2.75) is 24.5 Å². The second-order valence-corrected chi connectivity index (χ2v) is 8.23. The number of aryl methyl sites for hydroxylation is 1. The SMILES string of the molecule is CNC(=O)c1cccc(NC(=O)c2ccccc2SCc2csc(C)n2)c1C. The van der Waals surface area contributed by atoms with Crippen molar-refractivity contribution in [3.63, 3.8) is 0 Å². The van der Waals surface area contributed by atoms with Crippen LogP contribution in [-0.2, 0) is 5.75 Å². The summed E-state index contributed by atoms with van der Waals surface area (Å²) in [6.07, 6.45) is 0. The summed E-state index contributed by atoms with van der Waals surface area (Å²) in [6.45, 7) is 3.81. The molecular formula is C21H21N3O2S2. The number of amides is 2. The molecule has 0 atom stereocenters. The molecule has 1 aromatic heterocycles. The van der Waals surface area contributed by atoms with Crippen LogP contribution in [0.3, 0.4) is 0 Å². The number of nitrogens with zero attached hydrogens (tertiary/aromatic N) is 1. The van der Waals surface area contributed by atoms with Crippen molar-refractivity contribution in [2.24, 2.45) is 0 Å². The van der Waals surface area contributed by atoms with E-state index in [0.29, 0.717) is 22.6 Å². The summed E-state index contributed by atoms with van der Waals surface area (Å²) in [6, 6.07) is 12.8. The van der Waals surface area contributed by atoms with Crippen LogP contribution in [0.2, 0.25) is 0 Å². The van der Waals surface area contributed by atoms with Crippen molar-refractivity contribution in [3.8, 4) is 0 Å². The summed E-state index contributed by atoms with van der Waals surface area (Å²) in [7, 11) is 1.59. The summed E-state index contributed by atoms with van der Waals surface area (Å²) >= 11 is 3.21. The average molecular weight is 412 g/mol. The third-order valence-electron chi connectivity index (χ3n) is 4.23. The van der Waals surface area contributed by atoms with Gasteiger partial charge in [-0.2, -0.15) is 0 Å². The molecule has 0 radical (unpaired) electrons. The van der Waals surface area contributed by atoms with E-state index in [1.54, 1.807) is 48.3 Å². The van der Waals surface area contributed by atoms with Crippen LogP contribution in [0.1, 0.15) is 37.0 Å². The molecule has 0 saturated carbocycles. The summed E-state index contributed by atoms with van der Waals surface area (Å²) in [4.78, 5) is 30.3. The van der Waals surface area contributed by atoms with Crippen LogP contribution in [0.25, 0.3) is 0 Å². The zero-order valence-corrected chi connectivity index (χ0v) is 17.5. The van der Waals surface area contributed by atoms with Crippen LogP contribution in [0.4, 0.5) is 5.69 Å². The van der Waals surface area contributed by atoms with E-state index in [0.717, 1.165) is 21.2 Å². The topological polar surface area (TPSA) is 71.1 Å². The molecule has 2 N–H and O–H groups in total. The predicted octanol–water partition coefficient (Wildman–Crippen LogP) is 4.66. The van der Waals surface area contributed by atoms with E-state index in [1.807, 2.05) is 43.5 Å². The number of aromatic nitrogens is 1. The molecular weight excluding hydrogens is 390 g/mol. The molecule has 0 spiro atoms. The highest BCUT2D eigenvalue weighted by Gasteiger charge is 2.15. The van der Waals surface area contributed by atoms with Crippen molar-refractivity contribution < 1.29 is 9.59 Å². The summed E-state index contributed by atoms with van der Waals surface area (Å²) < 4.78 is 0. The molecule has 0 bridgehead atoms. The van der Waals surface area contributed by atoms with Gasteiger partial charge in [0.2, 0.25) is 0 Å². The Morgan fingerprint density at radius 2 is 1.79 bits per heavy atom. The molecule has 0 unspecified atom stereocenters. The highest BCUT2D eigenvalue weighted by molar-refractivity contribution is 7.98. The Balaban J connectivity index is 1.79. The Labute approximate surface area is 172 Å². The normalized spacial score (nSPS) is 10.5. The fourth-order valence-corrected chi connectivity index (χ4v) is 4.41. The number of thioether (sulfide) groups is 1. The van der Waals surface area contributed by atoms with E-state index in [2.05, 4.69) is 15.6 Å². The zero-order valence-electron chi connectivity index (χ0n) is 15.9. The smallest absolute Gasteiger partial charge is 0.256 e. The van der Waals surface area contributed by atoms with Crippen molar-refractivity contribution in [1.82, 2.24) is 10.3 Å². The molecule has 3 rings (SSSR count). The third-order valence-corrected chi connectivity index (χ3v) is 6.16. The number of thiazole rings is 1. The average Bonchev–Trinajstić information content (AvgIpc) is 3.12. The molecule has 28 heavy (non-hydrogen) atoms. The largest absolute Gasteiger partial charge is 0.355 e. The Morgan fingerprint density at radius 1 is 1.04 bits per heavy atom. The minimum Gasteiger partial charge on any atom is -0.355 e. The molecule has 2 aromatic carbocycles. The van der Waals surface area contributed by atoms with Gasteiger partial charge in [-0.3, -0.25) is 9.59 Å². The van der Waals surface area contributed by atoms with Crippen LogP contribution in [0, 0.1) is 13.8 Å². The molecule has 0 fully saturated rings. The minimum atomic E-state index is -0.199. The number of nitrogens with one attached hydrogen (secondary N) is 2. The third kappa shape index (κ3) is 4.61. The highest BCUT2D eigenvalue weighted by atomic mass is 32.2. The quantitative estimate of drug-likeness (QED) is 0.579. The van der Waals surface area contributed by atoms with E-state index in [-0.39, 0.29) is 11.8 Å². The van der Waals surface area contributed by atoms with Gasteiger partial charge in [0.15, 0.2) is 0 Å². The summed E-state index contributed by atoms with van der Waals surface area (Å²) in [5, 5.41) is 8.64. The number of anilines is 1. The molecule has 2 amide bonds. The fraction of sp³-hybridized carbons (Fsp3) is 0.190. The fourth-order valence-electron chi connectivity index (χ4n) is 2.75. The van der Waals surface area contributed by atoms with Gasteiger partial charge in [0, 0.05) is 34.3 Å². The van der Waals surface area contributed by atoms with Gasteiger partial charge in [-0.15, -0.1) is 23.1 Å². The molecule has 0 aliphatic heterocycles. The molecule has 144 valence electrons. The maximum Gasteiger partial charge on any atom is 0.256 e. The lowest BCUT2D eigenvalue weighted by Crippen LogP contribution is -2.20. The molecule has 3 aromatic rings. The van der Waals surface area contributed by atoms with Gasteiger partial charge in [0.1, 0.15) is 0 Å². The van der Waals surface area contributed by atoms with Gasteiger partial charge < -0.3 is 10.6 Å². The number of carbonyl (C=O) groups excluding carboxylic acids is 2. The number of hydrogen-bond acceptors (Lipinski definition) is 5. The molecule has 0 saturated heterocycles. The molecule has 0 aliphatic rings. The first kappa shape index (κ1) is 20.1. The molecule has 5 nitrogen and oxygen atoms in total. The van der Waals surface area contributed by atoms with Gasteiger partial charge in [-0.05, 0) is 43.7 Å². The predicted molar refractivity (Wildman–Crippen MR) is 115 cm³/mol. The zero-order chi connectivity index (χ0) is 20.1. The Hall–Kier alpha value is -2.64. The van der Waals surface area contributed by atoms with Crippen molar-refractivity contribution >= 4 is 40.6 Å². The van der Waals surface area contributed by atoms with Gasteiger partial charge >= 0.3 is 0 Å². The number of hydrogen-bond donors (Lipinski definition) is 2. The second kappa shape index (κ2) is 9.03. The van der Waals surface area contributed by atoms with Crippen LogP contribution in [0.5, 0.6) is 0 Å². The number of carbonyl (C=O) groups is 2. The van der Waals surface area contributed by atoms with Gasteiger partial charge in [-0.1, -0.05) is 18.2 Å². The molecule has 1 heterocycles. The second-order valence-electron chi connectivity index (χ2n) is 6.15. The Bertz CT molecular complexity index is 1010. The lowest BCUT2D eigenvalue weighted by Gasteiger charge is -2.13. The van der Waals surface area contributed by atoms with Gasteiger partial charge in [0.05, 0.1) is 16.3 Å². The first-order valence-electron chi connectivity index (χ1n) is 8.75. The van der Waals surface area contributed by atoms with E-state index in [4.69, 9.17) is 0 Å². The molecule has 7 heteroatoms. The summed E-state index contributed by atoms with van der Waals surface area (Å²) in [5.41, 5.74) is 3.52. The van der Waals surface area contributed by atoms with E-state index < -0.39 is 0 Å². The van der Waals surface area contributed by atoms with Crippen LogP contribution in [-0.4, -0.2) is 23.8 Å². The first-order chi connectivity index (χ1) is 13.5. The molecule has 0 aliphatic carbocycles. The highest BCUT2D eigenvalue weighted by Crippen LogP contribution is 2.28. The monoisotopic (exact) mass is 411 g/mol. The number of benzene rings is 2. The standard InChI is InChI=1S/C21H21N3O2S2/c1-13-16(20(25)22-3)8-6-9-18(13)24-21(26)17-7-4-5-10-19(17)28-12-15-11-27-14(2)23-15/h4-11H,12H2,1-3H3,(H,22,25)(H,24,26). The summed E-state index contributed by atoms with van der Waals surface area (Å²) in [5.74, 6) is 0.331. The minimum absolute atomic E-state index is 0.178. The number of rotatable bonds is 6. The Kier molecular flexibility index (Phi) is 6.49. The van der Waals surface area contributed by atoms with Crippen molar-refractivity contribution in [1.29, 1.82) is 0 Å². The first-order valence-corrected chi connectivity index (χ1v) is 10.6. The van der Waals surface area contributed by atoms with Crippen LogP contribution >= 0.6 is 23.1 Å². The Morgan fingerprint density at radius 3 is 2.50 bits per heavy atom. The van der Waals surface area contributed by atoms with E-state index in [1.165, 1.54) is 0 Å². The van der Waals surface area contributed by atoms with Crippen LogP contribution in [0.15, 0.2) is 52.7 Å². The van der Waals surface area contributed by atoms with Gasteiger partial charge in [0.25, 0.3) is 11.8 Å².